The van der Waals surface area contributed by atoms with Gasteiger partial charge in [0.25, 0.3) is 0 Å². The number of carbonyl (C=O) groups excluding carboxylic acids is 1. The van der Waals surface area contributed by atoms with Crippen molar-refractivity contribution in [1.29, 1.82) is 0 Å². The molecule has 1 rings (SSSR count). The van der Waals surface area contributed by atoms with Crippen LogP contribution in [0, 0.1) is 0 Å². The van der Waals surface area contributed by atoms with Gasteiger partial charge in [-0.25, -0.2) is 0 Å². The van der Waals surface area contributed by atoms with E-state index in [0.29, 0.717) is 18.0 Å². The largest absolute Gasteiger partial charge is 0.480 e. The monoisotopic (exact) mass is 249 g/mol. The Morgan fingerprint density at radius 1 is 1.22 bits per heavy atom. The lowest BCUT2D eigenvalue weighted by Crippen LogP contribution is -2.35. The Morgan fingerprint density at radius 2 is 1.78 bits per heavy atom. The quantitative estimate of drug-likeness (QED) is 0.872. The molecule has 0 aliphatic carbocycles. The molecule has 1 amide bonds. The second kappa shape index (κ2) is 6.19. The molecule has 1 N–H and O–H groups in total. The zero-order valence-corrected chi connectivity index (χ0v) is 11.0. The standard InChI is InChI=1S/C14H19NO3/c1-4-13(16)15(9-14(17)18)12-7-5-11(6-8-12)10(2)3/h5-8,10H,4,9H2,1-3H3,(H,17,18). The molecule has 0 fully saturated rings. The number of nitrogens with zero attached hydrogens (tertiary/aromatic N) is 1. The van der Waals surface area contributed by atoms with Crippen LogP contribution in [-0.4, -0.2) is 23.5 Å². The first-order valence-electron chi connectivity index (χ1n) is 6.07. The van der Waals surface area contributed by atoms with Crippen LogP contribution >= 0.6 is 0 Å². The minimum atomic E-state index is -1.01. The number of benzene rings is 1. The highest BCUT2D eigenvalue weighted by molar-refractivity contribution is 5.97. The average Bonchev–Trinajstić information content (AvgIpc) is 2.35. The van der Waals surface area contributed by atoms with Crippen molar-refractivity contribution >= 4 is 17.6 Å². The van der Waals surface area contributed by atoms with Crippen molar-refractivity contribution in [2.75, 3.05) is 11.4 Å². The molecule has 0 aliphatic rings. The number of hydrogen-bond acceptors (Lipinski definition) is 2. The number of carbonyl (C=O) groups is 2. The van der Waals surface area contributed by atoms with Gasteiger partial charge in [0.15, 0.2) is 0 Å². The van der Waals surface area contributed by atoms with Crippen molar-refractivity contribution in [1.82, 2.24) is 0 Å². The predicted octanol–water partition coefficient (Wildman–Crippen LogP) is 2.64. The van der Waals surface area contributed by atoms with Gasteiger partial charge in [0.1, 0.15) is 6.54 Å². The highest BCUT2D eigenvalue weighted by Gasteiger charge is 2.17. The maximum atomic E-state index is 11.7. The third-order valence-electron chi connectivity index (χ3n) is 2.77. The van der Waals surface area contributed by atoms with Crippen molar-refractivity contribution in [3.05, 3.63) is 29.8 Å². The lowest BCUT2D eigenvalue weighted by Gasteiger charge is -2.20. The molecule has 1 aromatic carbocycles. The maximum Gasteiger partial charge on any atom is 0.323 e. The highest BCUT2D eigenvalue weighted by atomic mass is 16.4. The van der Waals surface area contributed by atoms with Crippen molar-refractivity contribution < 1.29 is 14.7 Å². The van der Waals surface area contributed by atoms with Crippen molar-refractivity contribution in [2.24, 2.45) is 0 Å². The lowest BCUT2D eigenvalue weighted by molar-refractivity contribution is -0.136. The van der Waals surface area contributed by atoms with E-state index in [1.54, 1.807) is 19.1 Å². The first kappa shape index (κ1) is 14.2. The van der Waals surface area contributed by atoms with E-state index in [1.807, 2.05) is 12.1 Å². The molecule has 0 aromatic heterocycles. The molecule has 0 unspecified atom stereocenters. The van der Waals surface area contributed by atoms with Crippen molar-refractivity contribution in [3.8, 4) is 0 Å². The molecular weight excluding hydrogens is 230 g/mol. The van der Waals surface area contributed by atoms with E-state index in [-0.39, 0.29) is 12.5 Å². The summed E-state index contributed by atoms with van der Waals surface area (Å²) in [6.45, 7) is 5.59. The number of carboxylic acids is 1. The maximum absolute atomic E-state index is 11.7. The van der Waals surface area contributed by atoms with Crippen LogP contribution in [0.25, 0.3) is 0 Å². The van der Waals surface area contributed by atoms with E-state index in [0.717, 1.165) is 5.56 Å². The van der Waals surface area contributed by atoms with Gasteiger partial charge in [0, 0.05) is 12.1 Å². The summed E-state index contributed by atoms with van der Waals surface area (Å²) in [6.07, 6.45) is 0.291. The summed E-state index contributed by atoms with van der Waals surface area (Å²) in [6, 6.07) is 7.45. The van der Waals surface area contributed by atoms with Gasteiger partial charge in [-0.1, -0.05) is 32.9 Å². The number of anilines is 1. The molecule has 98 valence electrons. The molecule has 0 aliphatic heterocycles. The third kappa shape index (κ3) is 3.58. The molecule has 18 heavy (non-hydrogen) atoms. The van der Waals surface area contributed by atoms with Crippen LogP contribution in [0.4, 0.5) is 5.69 Å². The second-order valence-electron chi connectivity index (χ2n) is 4.47. The highest BCUT2D eigenvalue weighted by Crippen LogP contribution is 2.20. The molecule has 0 saturated carbocycles. The van der Waals surface area contributed by atoms with E-state index < -0.39 is 5.97 Å². The van der Waals surface area contributed by atoms with Crippen LogP contribution in [0.5, 0.6) is 0 Å². The molecule has 4 heteroatoms. The fourth-order valence-electron chi connectivity index (χ4n) is 1.69. The number of aliphatic carboxylic acids is 1. The van der Waals surface area contributed by atoms with Crippen LogP contribution < -0.4 is 4.90 Å². The number of carboxylic acid groups (broad SMARTS) is 1. The Balaban J connectivity index is 2.98. The summed E-state index contributed by atoms with van der Waals surface area (Å²) in [5.41, 5.74) is 1.80. The van der Waals surface area contributed by atoms with Gasteiger partial charge >= 0.3 is 5.97 Å². The van der Waals surface area contributed by atoms with E-state index in [2.05, 4.69) is 13.8 Å². The third-order valence-corrected chi connectivity index (χ3v) is 2.77. The molecule has 0 atom stereocenters. The van der Waals surface area contributed by atoms with E-state index >= 15 is 0 Å². The molecule has 0 bridgehead atoms. The topological polar surface area (TPSA) is 57.6 Å². The number of rotatable bonds is 5. The van der Waals surface area contributed by atoms with Crippen molar-refractivity contribution in [2.45, 2.75) is 33.1 Å². The van der Waals surface area contributed by atoms with Gasteiger partial charge < -0.3 is 10.0 Å². The molecule has 1 aromatic rings. The molecule has 0 radical (unpaired) electrons. The van der Waals surface area contributed by atoms with E-state index in [4.69, 9.17) is 5.11 Å². The Kier molecular flexibility index (Phi) is 4.89. The van der Waals surface area contributed by atoms with Gasteiger partial charge in [-0.3, -0.25) is 9.59 Å². The van der Waals surface area contributed by atoms with Gasteiger partial charge in [-0.05, 0) is 23.6 Å². The van der Waals surface area contributed by atoms with Gasteiger partial charge in [-0.2, -0.15) is 0 Å². The number of hydrogen-bond donors (Lipinski definition) is 1. The van der Waals surface area contributed by atoms with Crippen LogP contribution in [0.2, 0.25) is 0 Å². The molecule has 0 heterocycles. The Morgan fingerprint density at radius 3 is 2.17 bits per heavy atom. The zero-order valence-electron chi connectivity index (χ0n) is 11.0. The SMILES string of the molecule is CCC(=O)N(CC(=O)O)c1ccc(C(C)C)cc1. The van der Waals surface area contributed by atoms with Crippen molar-refractivity contribution in [3.63, 3.8) is 0 Å². The fourth-order valence-corrected chi connectivity index (χ4v) is 1.69. The van der Waals surface area contributed by atoms with Crippen LogP contribution in [0.3, 0.4) is 0 Å². The normalized spacial score (nSPS) is 10.4. The van der Waals surface area contributed by atoms with Crippen LogP contribution in [-0.2, 0) is 9.59 Å². The summed E-state index contributed by atoms with van der Waals surface area (Å²) in [4.78, 5) is 23.8. The molecule has 0 saturated heterocycles. The van der Waals surface area contributed by atoms with E-state index in [1.165, 1.54) is 4.90 Å². The molecule has 0 spiro atoms. The predicted molar refractivity (Wildman–Crippen MR) is 70.8 cm³/mol. The molecular formula is C14H19NO3. The average molecular weight is 249 g/mol. The summed E-state index contributed by atoms with van der Waals surface area (Å²) in [7, 11) is 0. The first-order chi connectivity index (χ1) is 8.45. The van der Waals surface area contributed by atoms with Crippen LogP contribution in [0.15, 0.2) is 24.3 Å². The molecule has 4 nitrogen and oxygen atoms in total. The summed E-state index contributed by atoms with van der Waals surface area (Å²) in [5, 5.41) is 8.84. The van der Waals surface area contributed by atoms with Gasteiger partial charge in [0.05, 0.1) is 0 Å². The summed E-state index contributed by atoms with van der Waals surface area (Å²) >= 11 is 0. The Hall–Kier alpha value is -1.84. The first-order valence-corrected chi connectivity index (χ1v) is 6.07. The number of amides is 1. The van der Waals surface area contributed by atoms with Gasteiger partial charge in [0.2, 0.25) is 5.91 Å². The Bertz CT molecular complexity index is 423. The Labute approximate surface area is 107 Å². The minimum Gasteiger partial charge on any atom is -0.480 e. The second-order valence-corrected chi connectivity index (χ2v) is 4.47. The summed E-state index contributed by atoms with van der Waals surface area (Å²) < 4.78 is 0. The van der Waals surface area contributed by atoms with Gasteiger partial charge in [-0.15, -0.1) is 0 Å². The lowest BCUT2D eigenvalue weighted by atomic mass is 10.0. The fraction of sp³-hybridized carbons (Fsp3) is 0.429. The summed E-state index contributed by atoms with van der Waals surface area (Å²) in [5.74, 6) is -0.784. The van der Waals surface area contributed by atoms with Crippen LogP contribution in [0.1, 0.15) is 38.7 Å². The zero-order chi connectivity index (χ0) is 13.7. The smallest absolute Gasteiger partial charge is 0.323 e. The van der Waals surface area contributed by atoms with E-state index in [9.17, 15) is 9.59 Å². The minimum absolute atomic E-state index is 0.185.